The van der Waals surface area contributed by atoms with Crippen LogP contribution in [0.5, 0.6) is 0 Å². The van der Waals surface area contributed by atoms with Crippen LogP contribution in [0.15, 0.2) is 0 Å². The third-order valence-electron chi connectivity index (χ3n) is 4.60. The highest BCUT2D eigenvalue weighted by molar-refractivity contribution is 4.86. The van der Waals surface area contributed by atoms with Gasteiger partial charge in [-0.15, -0.1) is 0 Å². The van der Waals surface area contributed by atoms with Gasteiger partial charge in [-0.05, 0) is 57.2 Å². The van der Waals surface area contributed by atoms with Crippen LogP contribution in [0.4, 0.5) is 0 Å². The molecule has 0 saturated carbocycles. The lowest BCUT2D eigenvalue weighted by Crippen LogP contribution is -2.47. The molecule has 2 unspecified atom stereocenters. The molecule has 3 heteroatoms. The van der Waals surface area contributed by atoms with Crippen molar-refractivity contribution in [2.45, 2.75) is 45.6 Å². The SMILES string of the molecule is CC(C)CCN1CCCC(N2CCC(CO)C2)C1. The van der Waals surface area contributed by atoms with Crippen LogP contribution in [0.1, 0.15) is 39.5 Å². The molecule has 0 radical (unpaired) electrons. The van der Waals surface area contributed by atoms with Gasteiger partial charge in [0.1, 0.15) is 0 Å². The molecule has 2 aliphatic rings. The average Bonchev–Trinajstić information content (AvgIpc) is 2.85. The molecule has 0 bridgehead atoms. The zero-order chi connectivity index (χ0) is 13.0. The smallest absolute Gasteiger partial charge is 0.0471 e. The number of likely N-dealkylation sites (tertiary alicyclic amines) is 2. The molecule has 0 aromatic heterocycles. The summed E-state index contributed by atoms with van der Waals surface area (Å²) in [5.41, 5.74) is 0. The van der Waals surface area contributed by atoms with E-state index in [4.69, 9.17) is 0 Å². The van der Waals surface area contributed by atoms with Gasteiger partial charge in [0.15, 0.2) is 0 Å². The van der Waals surface area contributed by atoms with Crippen molar-refractivity contribution in [2.24, 2.45) is 11.8 Å². The maximum atomic E-state index is 9.24. The van der Waals surface area contributed by atoms with Crippen molar-refractivity contribution in [3.05, 3.63) is 0 Å². The molecule has 106 valence electrons. The Hall–Kier alpha value is -0.120. The van der Waals surface area contributed by atoms with Gasteiger partial charge in [-0.2, -0.15) is 0 Å². The lowest BCUT2D eigenvalue weighted by Gasteiger charge is -2.38. The number of hydrogen-bond acceptors (Lipinski definition) is 3. The predicted octanol–water partition coefficient (Wildman–Crippen LogP) is 1.81. The van der Waals surface area contributed by atoms with E-state index in [1.54, 1.807) is 0 Å². The molecule has 2 saturated heterocycles. The first-order valence-corrected chi connectivity index (χ1v) is 7.76. The van der Waals surface area contributed by atoms with Crippen LogP contribution in [-0.2, 0) is 0 Å². The second-order valence-electron chi connectivity index (χ2n) is 6.61. The molecule has 0 aromatic carbocycles. The largest absolute Gasteiger partial charge is 0.396 e. The second kappa shape index (κ2) is 6.88. The average molecular weight is 254 g/mol. The Bertz CT molecular complexity index is 245. The molecule has 1 N–H and O–H groups in total. The molecule has 2 heterocycles. The molecule has 0 amide bonds. The van der Waals surface area contributed by atoms with Crippen molar-refractivity contribution < 1.29 is 5.11 Å². The third kappa shape index (κ3) is 3.94. The van der Waals surface area contributed by atoms with Gasteiger partial charge in [0, 0.05) is 25.7 Å². The highest BCUT2D eigenvalue weighted by Gasteiger charge is 2.30. The van der Waals surface area contributed by atoms with Crippen LogP contribution in [0.3, 0.4) is 0 Å². The number of piperidine rings is 1. The highest BCUT2D eigenvalue weighted by atomic mass is 16.3. The van der Waals surface area contributed by atoms with Crippen LogP contribution in [0.25, 0.3) is 0 Å². The first kappa shape index (κ1) is 14.3. The minimum Gasteiger partial charge on any atom is -0.396 e. The number of aliphatic hydroxyl groups is 1. The quantitative estimate of drug-likeness (QED) is 0.810. The summed E-state index contributed by atoms with van der Waals surface area (Å²) in [7, 11) is 0. The van der Waals surface area contributed by atoms with E-state index in [2.05, 4.69) is 23.6 Å². The van der Waals surface area contributed by atoms with Gasteiger partial charge in [-0.25, -0.2) is 0 Å². The van der Waals surface area contributed by atoms with Gasteiger partial charge in [0.25, 0.3) is 0 Å². The predicted molar refractivity (Wildman–Crippen MR) is 75.7 cm³/mol. The number of hydrogen-bond donors (Lipinski definition) is 1. The zero-order valence-electron chi connectivity index (χ0n) is 12.1. The Balaban J connectivity index is 1.76. The molecular formula is C15H30N2O. The monoisotopic (exact) mass is 254 g/mol. The fourth-order valence-electron chi connectivity index (χ4n) is 3.32. The van der Waals surface area contributed by atoms with Crippen molar-refractivity contribution in [3.63, 3.8) is 0 Å². The van der Waals surface area contributed by atoms with Crippen molar-refractivity contribution >= 4 is 0 Å². The summed E-state index contributed by atoms with van der Waals surface area (Å²) in [5.74, 6) is 1.35. The molecule has 0 aromatic rings. The van der Waals surface area contributed by atoms with E-state index in [0.29, 0.717) is 12.5 Å². The minimum atomic E-state index is 0.375. The van der Waals surface area contributed by atoms with E-state index >= 15 is 0 Å². The summed E-state index contributed by atoms with van der Waals surface area (Å²) >= 11 is 0. The summed E-state index contributed by atoms with van der Waals surface area (Å²) in [4.78, 5) is 5.28. The lowest BCUT2D eigenvalue weighted by atomic mass is 10.0. The van der Waals surface area contributed by atoms with E-state index in [1.165, 1.54) is 51.9 Å². The number of rotatable bonds is 5. The minimum absolute atomic E-state index is 0.375. The molecule has 18 heavy (non-hydrogen) atoms. The molecule has 0 spiro atoms. The van der Waals surface area contributed by atoms with E-state index in [0.717, 1.165) is 18.5 Å². The number of nitrogens with zero attached hydrogens (tertiary/aromatic N) is 2. The van der Waals surface area contributed by atoms with E-state index in [9.17, 15) is 5.11 Å². The van der Waals surface area contributed by atoms with Crippen LogP contribution in [0.2, 0.25) is 0 Å². The Morgan fingerprint density at radius 3 is 2.67 bits per heavy atom. The molecule has 0 aliphatic carbocycles. The maximum Gasteiger partial charge on any atom is 0.0471 e. The van der Waals surface area contributed by atoms with Crippen molar-refractivity contribution in [1.29, 1.82) is 0 Å². The first-order chi connectivity index (χ1) is 8.69. The summed E-state index contributed by atoms with van der Waals surface area (Å²) in [6.07, 6.45) is 5.23. The Morgan fingerprint density at radius 1 is 1.17 bits per heavy atom. The Morgan fingerprint density at radius 2 is 2.00 bits per heavy atom. The maximum absolute atomic E-state index is 9.24. The van der Waals surface area contributed by atoms with E-state index < -0.39 is 0 Å². The van der Waals surface area contributed by atoms with Crippen molar-refractivity contribution in [2.75, 3.05) is 39.3 Å². The molecule has 2 aliphatic heterocycles. The third-order valence-corrected chi connectivity index (χ3v) is 4.60. The van der Waals surface area contributed by atoms with Crippen LogP contribution < -0.4 is 0 Å². The molecule has 2 fully saturated rings. The highest BCUT2D eigenvalue weighted by Crippen LogP contribution is 2.23. The molecule has 3 nitrogen and oxygen atoms in total. The van der Waals surface area contributed by atoms with Gasteiger partial charge < -0.3 is 10.0 Å². The standard InChI is InChI=1S/C15H30N2O/c1-13(2)5-8-16-7-3-4-15(11-16)17-9-6-14(10-17)12-18/h13-15,18H,3-12H2,1-2H3. The fourth-order valence-corrected chi connectivity index (χ4v) is 3.32. The summed E-state index contributed by atoms with van der Waals surface area (Å²) in [5, 5.41) is 9.24. The molecule has 2 rings (SSSR count). The van der Waals surface area contributed by atoms with Gasteiger partial charge in [0.05, 0.1) is 0 Å². The normalized spacial score (nSPS) is 31.3. The summed E-state index contributed by atoms with van der Waals surface area (Å²) < 4.78 is 0. The molecular weight excluding hydrogens is 224 g/mol. The van der Waals surface area contributed by atoms with Crippen molar-refractivity contribution in [3.8, 4) is 0 Å². The topological polar surface area (TPSA) is 26.7 Å². The van der Waals surface area contributed by atoms with E-state index in [1.807, 2.05) is 0 Å². The second-order valence-corrected chi connectivity index (χ2v) is 6.61. The van der Waals surface area contributed by atoms with Gasteiger partial charge >= 0.3 is 0 Å². The van der Waals surface area contributed by atoms with Gasteiger partial charge in [0.2, 0.25) is 0 Å². The molecule has 2 atom stereocenters. The lowest BCUT2D eigenvalue weighted by molar-refractivity contribution is 0.105. The summed E-state index contributed by atoms with van der Waals surface area (Å²) in [6.45, 7) is 11.1. The van der Waals surface area contributed by atoms with Gasteiger partial charge in [-0.1, -0.05) is 13.8 Å². The van der Waals surface area contributed by atoms with Crippen molar-refractivity contribution in [1.82, 2.24) is 9.80 Å². The van der Waals surface area contributed by atoms with E-state index in [-0.39, 0.29) is 0 Å². The van der Waals surface area contributed by atoms with Crippen LogP contribution in [-0.4, -0.2) is 60.3 Å². The Kier molecular flexibility index (Phi) is 5.46. The first-order valence-electron chi connectivity index (χ1n) is 7.76. The Labute approximate surface area is 112 Å². The number of aliphatic hydroxyl groups excluding tert-OH is 1. The summed E-state index contributed by atoms with van der Waals surface area (Å²) in [6, 6.07) is 0.752. The van der Waals surface area contributed by atoms with Crippen LogP contribution in [0, 0.1) is 11.8 Å². The zero-order valence-corrected chi connectivity index (χ0v) is 12.1. The fraction of sp³-hybridized carbons (Fsp3) is 1.00. The van der Waals surface area contributed by atoms with Crippen LogP contribution >= 0.6 is 0 Å². The van der Waals surface area contributed by atoms with Gasteiger partial charge in [-0.3, -0.25) is 4.90 Å².